The molecule has 0 spiro atoms. The highest BCUT2D eigenvalue weighted by atomic mass is 19.3. The number of benzene rings is 1. The van der Waals surface area contributed by atoms with Gasteiger partial charge in [-0.2, -0.15) is 0 Å². The van der Waals surface area contributed by atoms with Crippen molar-refractivity contribution in [1.82, 2.24) is 0 Å². The Labute approximate surface area is 70.2 Å². The highest BCUT2D eigenvalue weighted by Crippen LogP contribution is 2.43. The lowest BCUT2D eigenvalue weighted by atomic mass is 10.0. The van der Waals surface area contributed by atoms with Gasteiger partial charge < -0.3 is 0 Å². The molecule has 1 unspecified atom stereocenters. The van der Waals surface area contributed by atoms with Crippen LogP contribution in [0.5, 0.6) is 0 Å². The van der Waals surface area contributed by atoms with Crippen LogP contribution in [-0.2, 0) is 6.42 Å². The smallest absolute Gasteiger partial charge is 0.206 e. The van der Waals surface area contributed by atoms with Crippen molar-refractivity contribution in [2.75, 3.05) is 0 Å². The molecule has 0 bridgehead atoms. The summed E-state index contributed by atoms with van der Waals surface area (Å²) in [6.45, 7) is 1.59. The van der Waals surface area contributed by atoms with Gasteiger partial charge in [-0.25, -0.2) is 8.78 Å². The zero-order valence-electron chi connectivity index (χ0n) is 6.85. The van der Waals surface area contributed by atoms with Crippen LogP contribution in [0.15, 0.2) is 24.3 Å². The largest absolute Gasteiger partial charge is 0.258 e. The van der Waals surface area contributed by atoms with Gasteiger partial charge in [-0.3, -0.25) is 0 Å². The highest BCUT2D eigenvalue weighted by Gasteiger charge is 2.44. The number of hydrogen-bond acceptors (Lipinski definition) is 0. The molecule has 1 atom stereocenters. The molecule has 0 saturated heterocycles. The summed E-state index contributed by atoms with van der Waals surface area (Å²) in [7, 11) is 0. The second-order valence-electron chi connectivity index (χ2n) is 3.36. The van der Waals surface area contributed by atoms with Crippen LogP contribution >= 0.6 is 0 Å². The second kappa shape index (κ2) is 2.28. The fourth-order valence-corrected chi connectivity index (χ4v) is 1.75. The van der Waals surface area contributed by atoms with Gasteiger partial charge in [0.1, 0.15) is 0 Å². The summed E-state index contributed by atoms with van der Waals surface area (Å²) in [6.07, 6.45) is -0.0929. The summed E-state index contributed by atoms with van der Waals surface area (Å²) in [4.78, 5) is 0. The lowest BCUT2D eigenvalue weighted by Crippen LogP contribution is -2.19. The summed E-state index contributed by atoms with van der Waals surface area (Å²) < 4.78 is 26.3. The second-order valence-corrected chi connectivity index (χ2v) is 3.36. The molecule has 0 radical (unpaired) electrons. The molecule has 0 heterocycles. The summed E-state index contributed by atoms with van der Waals surface area (Å²) in [6, 6.07) is 7.21. The SMILES string of the molecule is CC1c2ccccc2CC1(F)F. The van der Waals surface area contributed by atoms with E-state index in [2.05, 4.69) is 0 Å². The van der Waals surface area contributed by atoms with Crippen LogP contribution in [0, 0.1) is 0 Å². The molecule has 1 aromatic rings. The van der Waals surface area contributed by atoms with Gasteiger partial charge in [0.15, 0.2) is 0 Å². The van der Waals surface area contributed by atoms with Gasteiger partial charge in [0.05, 0.1) is 0 Å². The molecule has 1 aliphatic rings. The quantitative estimate of drug-likeness (QED) is 0.558. The Morgan fingerprint density at radius 3 is 2.67 bits per heavy atom. The first kappa shape index (κ1) is 7.71. The van der Waals surface area contributed by atoms with Crippen molar-refractivity contribution in [3.63, 3.8) is 0 Å². The van der Waals surface area contributed by atoms with E-state index in [1.54, 1.807) is 19.1 Å². The number of halogens is 2. The standard InChI is InChI=1S/C10H10F2/c1-7-9-5-3-2-4-8(9)6-10(7,11)12/h2-5,7H,6H2,1H3. The van der Waals surface area contributed by atoms with Crippen molar-refractivity contribution >= 4 is 0 Å². The molecule has 64 valence electrons. The van der Waals surface area contributed by atoms with Crippen molar-refractivity contribution < 1.29 is 8.78 Å². The molecular formula is C10H10F2. The van der Waals surface area contributed by atoms with Crippen LogP contribution in [0.3, 0.4) is 0 Å². The van der Waals surface area contributed by atoms with Crippen LogP contribution < -0.4 is 0 Å². The maximum absolute atomic E-state index is 13.1. The van der Waals surface area contributed by atoms with Crippen LogP contribution in [0.2, 0.25) is 0 Å². The molecule has 0 saturated carbocycles. The van der Waals surface area contributed by atoms with E-state index in [1.807, 2.05) is 12.1 Å². The van der Waals surface area contributed by atoms with Crippen molar-refractivity contribution in [1.29, 1.82) is 0 Å². The first-order valence-electron chi connectivity index (χ1n) is 4.07. The van der Waals surface area contributed by atoms with Crippen molar-refractivity contribution in [3.8, 4) is 0 Å². The summed E-state index contributed by atoms with van der Waals surface area (Å²) >= 11 is 0. The first-order valence-corrected chi connectivity index (χ1v) is 4.07. The number of rotatable bonds is 0. The lowest BCUT2D eigenvalue weighted by molar-refractivity contribution is -0.00980. The summed E-state index contributed by atoms with van der Waals surface area (Å²) in [5.74, 6) is -3.15. The topological polar surface area (TPSA) is 0 Å². The fraction of sp³-hybridized carbons (Fsp3) is 0.400. The van der Waals surface area contributed by atoms with E-state index in [1.165, 1.54) is 0 Å². The lowest BCUT2D eigenvalue weighted by Gasteiger charge is -2.13. The zero-order chi connectivity index (χ0) is 8.77. The minimum atomic E-state index is -2.54. The molecule has 0 amide bonds. The molecule has 1 aromatic carbocycles. The molecule has 0 nitrogen and oxygen atoms in total. The zero-order valence-corrected chi connectivity index (χ0v) is 6.85. The maximum atomic E-state index is 13.1. The number of alkyl halides is 2. The Balaban J connectivity index is 2.49. The minimum absolute atomic E-state index is 0.0929. The average Bonchev–Trinajstić information content (AvgIpc) is 2.24. The van der Waals surface area contributed by atoms with Crippen LogP contribution in [-0.4, -0.2) is 5.92 Å². The van der Waals surface area contributed by atoms with E-state index in [-0.39, 0.29) is 6.42 Å². The van der Waals surface area contributed by atoms with E-state index in [0.29, 0.717) is 0 Å². The van der Waals surface area contributed by atoms with Crippen molar-refractivity contribution in [2.24, 2.45) is 0 Å². The predicted octanol–water partition coefficient (Wildman–Crippen LogP) is 2.98. The van der Waals surface area contributed by atoms with Gasteiger partial charge in [0, 0.05) is 12.3 Å². The molecule has 0 aliphatic heterocycles. The normalized spacial score (nSPS) is 25.4. The molecule has 0 fully saturated rings. The molecule has 1 aliphatic carbocycles. The Morgan fingerprint density at radius 2 is 2.00 bits per heavy atom. The predicted molar refractivity (Wildman–Crippen MR) is 43.5 cm³/mol. The van der Waals surface area contributed by atoms with Gasteiger partial charge in [0.25, 0.3) is 5.92 Å². The van der Waals surface area contributed by atoms with Gasteiger partial charge in [-0.15, -0.1) is 0 Å². The number of hydrogen-bond donors (Lipinski definition) is 0. The van der Waals surface area contributed by atoms with Crippen molar-refractivity contribution in [3.05, 3.63) is 35.4 Å². The molecule has 0 N–H and O–H groups in total. The van der Waals surface area contributed by atoms with Gasteiger partial charge in [-0.05, 0) is 11.1 Å². The molecule has 0 aromatic heterocycles. The third-order valence-corrected chi connectivity index (χ3v) is 2.58. The maximum Gasteiger partial charge on any atom is 0.258 e. The van der Waals surface area contributed by atoms with E-state index >= 15 is 0 Å². The summed E-state index contributed by atoms with van der Waals surface area (Å²) in [5, 5.41) is 0. The van der Waals surface area contributed by atoms with Crippen LogP contribution in [0.25, 0.3) is 0 Å². The molecule has 12 heavy (non-hydrogen) atoms. The van der Waals surface area contributed by atoms with E-state index in [9.17, 15) is 8.78 Å². The number of fused-ring (bicyclic) bond motifs is 1. The Morgan fingerprint density at radius 1 is 1.33 bits per heavy atom. The van der Waals surface area contributed by atoms with E-state index in [0.717, 1.165) is 11.1 Å². The Bertz CT molecular complexity index is 304. The third kappa shape index (κ3) is 0.942. The molecule has 2 heteroatoms. The minimum Gasteiger partial charge on any atom is -0.206 e. The highest BCUT2D eigenvalue weighted by molar-refractivity contribution is 5.37. The molecular weight excluding hydrogens is 158 g/mol. The van der Waals surface area contributed by atoms with Crippen LogP contribution in [0.4, 0.5) is 8.78 Å². The average molecular weight is 168 g/mol. The summed E-state index contributed by atoms with van der Waals surface area (Å²) in [5.41, 5.74) is 1.61. The van der Waals surface area contributed by atoms with Gasteiger partial charge in [0.2, 0.25) is 0 Å². The Kier molecular flexibility index (Phi) is 1.47. The van der Waals surface area contributed by atoms with Crippen LogP contribution in [0.1, 0.15) is 24.0 Å². The Hall–Kier alpha value is -0.920. The van der Waals surface area contributed by atoms with Gasteiger partial charge in [-0.1, -0.05) is 31.2 Å². The van der Waals surface area contributed by atoms with Gasteiger partial charge >= 0.3 is 0 Å². The first-order chi connectivity index (χ1) is 5.61. The van der Waals surface area contributed by atoms with E-state index in [4.69, 9.17) is 0 Å². The van der Waals surface area contributed by atoms with E-state index < -0.39 is 11.8 Å². The van der Waals surface area contributed by atoms with Crippen molar-refractivity contribution in [2.45, 2.75) is 25.2 Å². The third-order valence-electron chi connectivity index (χ3n) is 2.58. The monoisotopic (exact) mass is 168 g/mol. The fourth-order valence-electron chi connectivity index (χ4n) is 1.75. The molecule has 2 rings (SSSR count).